The molecule has 6 aromatic rings. The maximum atomic E-state index is 5.55. The first-order valence-corrected chi connectivity index (χ1v) is 19.5. The molecule has 2 aliphatic rings. The van der Waals surface area contributed by atoms with Gasteiger partial charge in [0.15, 0.2) is 0 Å². The van der Waals surface area contributed by atoms with Crippen LogP contribution in [0.2, 0.25) is 0 Å². The number of aliphatic imine (C=N–C) groups is 2. The molecule has 2 heterocycles. The van der Waals surface area contributed by atoms with E-state index >= 15 is 0 Å². The van der Waals surface area contributed by atoms with Crippen LogP contribution in [0.3, 0.4) is 0 Å². The number of aryl methyl sites for hydroxylation is 2. The van der Waals surface area contributed by atoms with Gasteiger partial charge in [-0.1, -0.05) is 109 Å². The molecule has 0 aromatic heterocycles. The summed E-state index contributed by atoms with van der Waals surface area (Å²) in [6.07, 6.45) is 3.64. The minimum atomic E-state index is 0.279. The number of fused-ring (bicyclic) bond motifs is 2. The van der Waals surface area contributed by atoms with Gasteiger partial charge in [-0.25, -0.2) is 0 Å². The van der Waals surface area contributed by atoms with E-state index in [0.717, 1.165) is 60.0 Å². The summed E-state index contributed by atoms with van der Waals surface area (Å²) in [5.41, 5.74) is 11.8. The molecule has 52 heavy (non-hydrogen) atoms. The molecule has 0 bridgehead atoms. The zero-order chi connectivity index (χ0) is 35.3. The molecule has 4 nitrogen and oxygen atoms in total. The van der Waals surface area contributed by atoms with Crippen LogP contribution in [0.1, 0.15) is 56.7 Å². The monoisotopic (exact) mass is 716 g/mol. The predicted molar refractivity (Wildman–Crippen MR) is 218 cm³/mol. The second-order valence-electron chi connectivity index (χ2n) is 13.1. The lowest BCUT2D eigenvalue weighted by molar-refractivity contribution is 0.414. The van der Waals surface area contributed by atoms with Crippen LogP contribution in [0, 0.1) is 0 Å². The van der Waals surface area contributed by atoms with Gasteiger partial charge in [0.1, 0.15) is 11.5 Å². The summed E-state index contributed by atoms with van der Waals surface area (Å²) in [6, 6.07) is 52.0. The van der Waals surface area contributed by atoms with Crippen molar-refractivity contribution in [2.75, 3.05) is 14.2 Å². The van der Waals surface area contributed by atoms with Gasteiger partial charge in [-0.15, -0.1) is 23.5 Å². The zero-order valence-electron chi connectivity index (χ0n) is 29.4. The summed E-state index contributed by atoms with van der Waals surface area (Å²) in [6.45, 7) is 0. The summed E-state index contributed by atoms with van der Waals surface area (Å²) in [5.74, 6) is 1.65. The van der Waals surface area contributed by atoms with Gasteiger partial charge in [0.25, 0.3) is 0 Å². The number of methoxy groups -OCH3 is 2. The molecule has 2 aliphatic heterocycles. The lowest BCUT2D eigenvalue weighted by atomic mass is 9.97. The summed E-state index contributed by atoms with van der Waals surface area (Å²) in [4.78, 5) is 12.8. The topological polar surface area (TPSA) is 43.2 Å². The Kier molecular flexibility index (Phi) is 10.3. The van der Waals surface area contributed by atoms with Crippen LogP contribution < -0.4 is 9.47 Å². The van der Waals surface area contributed by atoms with Crippen LogP contribution in [0.15, 0.2) is 165 Å². The minimum Gasteiger partial charge on any atom is -0.497 e. The largest absolute Gasteiger partial charge is 0.497 e. The van der Waals surface area contributed by atoms with Crippen LogP contribution in [0.5, 0.6) is 11.5 Å². The van der Waals surface area contributed by atoms with Crippen molar-refractivity contribution >= 4 is 46.3 Å². The smallest absolute Gasteiger partial charge is 0.121 e. The second kappa shape index (κ2) is 15.7. The van der Waals surface area contributed by atoms with E-state index in [1.54, 1.807) is 14.2 Å². The number of benzene rings is 6. The van der Waals surface area contributed by atoms with E-state index < -0.39 is 0 Å². The zero-order valence-corrected chi connectivity index (χ0v) is 31.0. The van der Waals surface area contributed by atoms with Crippen molar-refractivity contribution in [3.05, 3.63) is 179 Å². The molecule has 6 heteroatoms. The van der Waals surface area contributed by atoms with E-state index in [2.05, 4.69) is 133 Å². The first kappa shape index (κ1) is 34.1. The van der Waals surface area contributed by atoms with E-state index in [1.807, 2.05) is 35.7 Å². The van der Waals surface area contributed by atoms with Crippen molar-refractivity contribution in [2.45, 2.75) is 46.0 Å². The molecule has 6 aromatic carbocycles. The standard InChI is InChI=1S/C46H40N2O2S2/c1-49-37-23-25-43-41(27-37)47-39(29-45(51-43)35-9-5-3-6-10-35)33-19-15-31(16-20-33)13-14-32-17-21-34(22-18-32)40-30-46(36-11-7-4-8-12-36)52-44-26-24-38(50-2)28-42(44)48-40/h3-12,15-28,45-46H,13-14,29-30H2,1-2H3. The average molecular weight is 717 g/mol. The molecule has 0 saturated carbocycles. The Hall–Kier alpha value is -5.04. The van der Waals surface area contributed by atoms with E-state index in [4.69, 9.17) is 19.5 Å². The quantitative estimate of drug-likeness (QED) is 0.149. The molecular weight excluding hydrogens is 677 g/mol. The van der Waals surface area contributed by atoms with Gasteiger partial charge in [-0.2, -0.15) is 0 Å². The maximum Gasteiger partial charge on any atom is 0.121 e. The van der Waals surface area contributed by atoms with Crippen molar-refractivity contribution in [1.82, 2.24) is 0 Å². The van der Waals surface area contributed by atoms with Crippen molar-refractivity contribution in [3.8, 4) is 11.5 Å². The molecule has 0 fully saturated rings. The number of thioether (sulfide) groups is 2. The third-order valence-electron chi connectivity index (χ3n) is 9.76. The molecule has 0 aliphatic carbocycles. The molecule has 258 valence electrons. The average Bonchev–Trinajstić information content (AvgIpc) is 3.53. The molecule has 0 amide bonds. The van der Waals surface area contributed by atoms with Crippen LogP contribution in [-0.4, -0.2) is 25.6 Å². The van der Waals surface area contributed by atoms with Crippen LogP contribution >= 0.6 is 23.5 Å². The van der Waals surface area contributed by atoms with Gasteiger partial charge in [-0.05, 0) is 70.5 Å². The fourth-order valence-electron chi connectivity index (χ4n) is 6.83. The van der Waals surface area contributed by atoms with Gasteiger partial charge < -0.3 is 9.47 Å². The molecule has 8 rings (SSSR count). The SMILES string of the molecule is COc1ccc2c(c1)N=C(c1ccc(CCc3ccc(C4=Nc5cc(OC)ccc5SC(c5ccccc5)C4)cc3)cc1)CC(c1ccccc1)S2. The van der Waals surface area contributed by atoms with Crippen molar-refractivity contribution in [3.63, 3.8) is 0 Å². The Morgan fingerprint density at radius 3 is 1.29 bits per heavy atom. The van der Waals surface area contributed by atoms with E-state index in [0.29, 0.717) is 0 Å². The van der Waals surface area contributed by atoms with Gasteiger partial charge in [0, 0.05) is 56.7 Å². The second-order valence-corrected chi connectivity index (χ2v) is 15.6. The summed E-state index contributed by atoms with van der Waals surface area (Å²) in [7, 11) is 3.42. The van der Waals surface area contributed by atoms with Crippen molar-refractivity contribution < 1.29 is 9.47 Å². The first-order chi connectivity index (χ1) is 25.6. The van der Waals surface area contributed by atoms with Crippen molar-refractivity contribution in [1.29, 1.82) is 0 Å². The fourth-order valence-corrected chi connectivity index (χ4v) is 9.26. The lowest BCUT2D eigenvalue weighted by Gasteiger charge is -2.16. The molecule has 0 saturated heterocycles. The molecule has 0 spiro atoms. The highest BCUT2D eigenvalue weighted by atomic mass is 32.2. The first-order valence-electron chi connectivity index (χ1n) is 17.7. The number of nitrogens with zero attached hydrogens (tertiary/aromatic N) is 2. The molecule has 2 unspecified atom stereocenters. The highest BCUT2D eigenvalue weighted by molar-refractivity contribution is 8.00. The Bertz CT molecular complexity index is 2060. The molecule has 2 atom stereocenters. The minimum absolute atomic E-state index is 0.279. The highest BCUT2D eigenvalue weighted by Gasteiger charge is 2.24. The third-order valence-corrected chi connectivity index (χ3v) is 12.4. The van der Waals surface area contributed by atoms with E-state index in [9.17, 15) is 0 Å². The van der Waals surface area contributed by atoms with Gasteiger partial charge >= 0.3 is 0 Å². The molecular formula is C46H40N2O2S2. The third kappa shape index (κ3) is 7.74. The van der Waals surface area contributed by atoms with Crippen LogP contribution in [0.4, 0.5) is 11.4 Å². The number of hydrogen-bond acceptors (Lipinski definition) is 6. The normalized spacial score (nSPS) is 16.7. The Morgan fingerprint density at radius 1 is 0.500 bits per heavy atom. The van der Waals surface area contributed by atoms with Crippen LogP contribution in [-0.2, 0) is 12.8 Å². The van der Waals surface area contributed by atoms with Crippen molar-refractivity contribution in [2.24, 2.45) is 9.98 Å². The number of hydrogen-bond donors (Lipinski definition) is 0. The van der Waals surface area contributed by atoms with Gasteiger partial charge in [0.2, 0.25) is 0 Å². The highest BCUT2D eigenvalue weighted by Crippen LogP contribution is 2.48. The Labute approximate surface area is 315 Å². The van der Waals surface area contributed by atoms with Crippen LogP contribution in [0.25, 0.3) is 0 Å². The lowest BCUT2D eigenvalue weighted by Crippen LogP contribution is -2.06. The summed E-state index contributed by atoms with van der Waals surface area (Å²) in [5, 5.41) is 0.559. The Balaban J connectivity index is 0.986. The maximum absolute atomic E-state index is 5.55. The fraction of sp³-hybridized carbons (Fsp3) is 0.174. The predicted octanol–water partition coefficient (Wildman–Crippen LogP) is 12.2. The Morgan fingerprint density at radius 2 is 0.904 bits per heavy atom. The van der Waals surface area contributed by atoms with Gasteiger partial charge in [-0.3, -0.25) is 9.98 Å². The number of rotatable bonds is 9. The molecule has 0 radical (unpaired) electrons. The van der Waals surface area contributed by atoms with Gasteiger partial charge in [0.05, 0.1) is 25.6 Å². The van der Waals surface area contributed by atoms with E-state index in [-0.39, 0.29) is 10.5 Å². The van der Waals surface area contributed by atoms with E-state index in [1.165, 1.54) is 43.2 Å². The summed E-state index contributed by atoms with van der Waals surface area (Å²) >= 11 is 3.76. The molecule has 0 N–H and O–H groups in total. The number of ether oxygens (including phenoxy) is 2. The summed E-state index contributed by atoms with van der Waals surface area (Å²) < 4.78 is 11.1.